The molecule has 1 fully saturated rings. The lowest BCUT2D eigenvalue weighted by Crippen LogP contribution is -2.37. The van der Waals surface area contributed by atoms with Crippen LogP contribution in [0.1, 0.15) is 45.1 Å². The van der Waals surface area contributed by atoms with Crippen molar-refractivity contribution in [3.8, 4) is 0 Å². The molecule has 0 aliphatic carbocycles. The summed E-state index contributed by atoms with van der Waals surface area (Å²) in [6.07, 6.45) is 3.70. The van der Waals surface area contributed by atoms with Crippen molar-refractivity contribution in [1.29, 1.82) is 0 Å². The molecule has 138 valence electrons. The maximum Gasteiger partial charge on any atom is 0.253 e. The van der Waals surface area contributed by atoms with Crippen molar-refractivity contribution in [2.24, 2.45) is 4.99 Å². The Morgan fingerprint density at radius 1 is 1.32 bits per heavy atom. The molecule has 0 spiro atoms. The van der Waals surface area contributed by atoms with E-state index in [9.17, 15) is 4.79 Å². The molecule has 1 unspecified atom stereocenters. The summed E-state index contributed by atoms with van der Waals surface area (Å²) in [6.45, 7) is 7.20. The van der Waals surface area contributed by atoms with Crippen LogP contribution >= 0.6 is 0 Å². The van der Waals surface area contributed by atoms with E-state index in [1.807, 2.05) is 24.3 Å². The lowest BCUT2D eigenvalue weighted by Gasteiger charge is -2.12. The van der Waals surface area contributed by atoms with E-state index in [0.29, 0.717) is 13.2 Å². The van der Waals surface area contributed by atoms with Gasteiger partial charge in [-0.3, -0.25) is 4.79 Å². The van der Waals surface area contributed by atoms with Crippen molar-refractivity contribution in [3.05, 3.63) is 29.8 Å². The fourth-order valence-electron chi connectivity index (χ4n) is 2.65. The Bertz CT molecular complexity index is 568. The molecule has 1 amide bonds. The maximum absolute atomic E-state index is 12.1. The summed E-state index contributed by atoms with van der Waals surface area (Å²) >= 11 is 0. The van der Waals surface area contributed by atoms with Gasteiger partial charge >= 0.3 is 0 Å². The van der Waals surface area contributed by atoms with Crippen LogP contribution in [0.15, 0.2) is 29.3 Å². The second-order valence-corrected chi connectivity index (χ2v) is 6.17. The van der Waals surface area contributed by atoms with Crippen LogP contribution in [-0.4, -0.2) is 37.7 Å². The maximum atomic E-state index is 12.1. The Balaban J connectivity index is 1.92. The van der Waals surface area contributed by atoms with E-state index in [-0.39, 0.29) is 12.0 Å². The monoisotopic (exact) mass is 346 g/mol. The normalized spacial score (nSPS) is 17.4. The number of guanidine groups is 1. The number of aliphatic imine (C=N–C) groups is 1. The average Bonchev–Trinajstić information content (AvgIpc) is 3.15. The van der Waals surface area contributed by atoms with Crippen molar-refractivity contribution in [2.75, 3.05) is 25.0 Å². The highest BCUT2D eigenvalue weighted by molar-refractivity contribution is 5.94. The molecule has 6 heteroatoms. The largest absolute Gasteiger partial charge is 0.368 e. The number of amides is 1. The smallest absolute Gasteiger partial charge is 0.253 e. The molecule has 1 saturated heterocycles. The van der Waals surface area contributed by atoms with Crippen LogP contribution < -0.4 is 16.0 Å². The summed E-state index contributed by atoms with van der Waals surface area (Å²) in [5, 5.41) is 9.51. The van der Waals surface area contributed by atoms with Crippen LogP contribution in [0.5, 0.6) is 0 Å². The number of carbonyl (C=O) groups is 1. The van der Waals surface area contributed by atoms with Crippen molar-refractivity contribution in [3.63, 3.8) is 0 Å². The molecule has 6 nitrogen and oxygen atoms in total. The van der Waals surface area contributed by atoms with Gasteiger partial charge < -0.3 is 20.7 Å². The zero-order valence-electron chi connectivity index (χ0n) is 15.3. The molecule has 0 bridgehead atoms. The average molecular weight is 346 g/mol. The number of benzene rings is 1. The first kappa shape index (κ1) is 19.2. The molecule has 1 aromatic rings. The Morgan fingerprint density at radius 3 is 2.92 bits per heavy atom. The van der Waals surface area contributed by atoms with Gasteiger partial charge in [0, 0.05) is 25.4 Å². The number of unbranched alkanes of at least 4 members (excludes halogenated alkanes) is 1. The van der Waals surface area contributed by atoms with Gasteiger partial charge in [0.25, 0.3) is 5.91 Å². The van der Waals surface area contributed by atoms with Crippen molar-refractivity contribution in [1.82, 2.24) is 10.6 Å². The van der Waals surface area contributed by atoms with Crippen LogP contribution in [0.4, 0.5) is 5.69 Å². The van der Waals surface area contributed by atoms with Gasteiger partial charge in [0.2, 0.25) is 0 Å². The van der Waals surface area contributed by atoms with Gasteiger partial charge in [0.15, 0.2) is 5.96 Å². The number of anilines is 1. The zero-order chi connectivity index (χ0) is 17.9. The molecule has 1 atom stereocenters. The zero-order valence-corrected chi connectivity index (χ0v) is 15.3. The highest BCUT2D eigenvalue weighted by Crippen LogP contribution is 2.16. The Kier molecular flexibility index (Phi) is 8.25. The van der Waals surface area contributed by atoms with Crippen molar-refractivity contribution in [2.45, 2.75) is 52.2 Å². The molecular weight excluding hydrogens is 316 g/mol. The van der Waals surface area contributed by atoms with Gasteiger partial charge in [0.05, 0.1) is 6.54 Å². The molecule has 0 saturated carbocycles. The Morgan fingerprint density at radius 2 is 2.20 bits per heavy atom. The first-order valence-corrected chi connectivity index (χ1v) is 9.26. The number of rotatable bonds is 8. The minimum absolute atomic E-state index is 0.0623. The van der Waals surface area contributed by atoms with E-state index in [2.05, 4.69) is 34.8 Å². The van der Waals surface area contributed by atoms with Crippen LogP contribution in [0.25, 0.3) is 0 Å². The fourth-order valence-corrected chi connectivity index (χ4v) is 2.65. The van der Waals surface area contributed by atoms with Gasteiger partial charge in [-0.05, 0) is 43.9 Å². The third kappa shape index (κ3) is 6.74. The topological polar surface area (TPSA) is 74.8 Å². The van der Waals surface area contributed by atoms with Crippen molar-refractivity contribution < 1.29 is 9.53 Å². The molecule has 1 heterocycles. The summed E-state index contributed by atoms with van der Waals surface area (Å²) in [4.78, 5) is 16.8. The SMILES string of the molecule is CCCCNC(=NCc1cccc(NC(=O)C2CCCO2)c1)NCC. The summed E-state index contributed by atoms with van der Waals surface area (Å²) < 4.78 is 5.42. The molecule has 1 aliphatic rings. The molecule has 2 rings (SSSR count). The van der Waals surface area contributed by atoms with Gasteiger partial charge in [-0.15, -0.1) is 0 Å². The van der Waals surface area contributed by atoms with Crippen LogP contribution in [0.2, 0.25) is 0 Å². The number of hydrogen-bond acceptors (Lipinski definition) is 3. The molecule has 1 aromatic carbocycles. The molecule has 1 aliphatic heterocycles. The molecular formula is C19H30N4O2. The highest BCUT2D eigenvalue weighted by atomic mass is 16.5. The lowest BCUT2D eigenvalue weighted by molar-refractivity contribution is -0.124. The Labute approximate surface area is 150 Å². The summed E-state index contributed by atoms with van der Waals surface area (Å²) in [5.74, 6) is 0.762. The van der Waals surface area contributed by atoms with Gasteiger partial charge in [-0.25, -0.2) is 4.99 Å². The van der Waals surface area contributed by atoms with Gasteiger partial charge in [0.1, 0.15) is 6.10 Å². The second-order valence-electron chi connectivity index (χ2n) is 6.17. The molecule has 25 heavy (non-hydrogen) atoms. The fraction of sp³-hybridized carbons (Fsp3) is 0.579. The van der Waals surface area contributed by atoms with E-state index in [1.54, 1.807) is 0 Å². The number of nitrogens with one attached hydrogen (secondary N) is 3. The van der Waals surface area contributed by atoms with Crippen LogP contribution in [-0.2, 0) is 16.1 Å². The quantitative estimate of drug-likeness (QED) is 0.384. The van der Waals surface area contributed by atoms with E-state index < -0.39 is 0 Å². The van der Waals surface area contributed by atoms with E-state index >= 15 is 0 Å². The minimum Gasteiger partial charge on any atom is -0.368 e. The van der Waals surface area contributed by atoms with E-state index in [0.717, 1.165) is 56.0 Å². The minimum atomic E-state index is -0.315. The summed E-state index contributed by atoms with van der Waals surface area (Å²) in [7, 11) is 0. The number of nitrogens with zero attached hydrogens (tertiary/aromatic N) is 1. The predicted molar refractivity (Wildman–Crippen MR) is 102 cm³/mol. The van der Waals surface area contributed by atoms with Crippen LogP contribution in [0, 0.1) is 0 Å². The third-order valence-corrected chi connectivity index (χ3v) is 4.00. The van der Waals surface area contributed by atoms with Gasteiger partial charge in [-0.2, -0.15) is 0 Å². The molecule has 0 radical (unpaired) electrons. The number of carbonyl (C=O) groups excluding carboxylic acids is 1. The summed E-state index contributed by atoms with van der Waals surface area (Å²) in [5.41, 5.74) is 1.84. The van der Waals surface area contributed by atoms with E-state index in [4.69, 9.17) is 4.74 Å². The van der Waals surface area contributed by atoms with Gasteiger partial charge in [-0.1, -0.05) is 25.5 Å². The predicted octanol–water partition coefficient (Wildman–Crippen LogP) is 2.66. The third-order valence-electron chi connectivity index (χ3n) is 4.00. The standard InChI is InChI=1S/C19H30N4O2/c1-3-5-11-21-19(20-4-2)22-14-15-8-6-9-16(13-15)23-18(24)17-10-7-12-25-17/h6,8-9,13,17H,3-5,7,10-12,14H2,1-2H3,(H,23,24)(H2,20,21,22). The molecule has 0 aromatic heterocycles. The number of hydrogen-bond donors (Lipinski definition) is 3. The van der Waals surface area contributed by atoms with Crippen LogP contribution in [0.3, 0.4) is 0 Å². The molecule has 3 N–H and O–H groups in total. The Hall–Kier alpha value is -2.08. The lowest BCUT2D eigenvalue weighted by atomic mass is 10.2. The summed E-state index contributed by atoms with van der Waals surface area (Å²) in [6, 6.07) is 7.81. The number of ether oxygens (including phenoxy) is 1. The van der Waals surface area contributed by atoms with Crippen molar-refractivity contribution >= 4 is 17.6 Å². The first-order valence-electron chi connectivity index (χ1n) is 9.26. The van der Waals surface area contributed by atoms with E-state index in [1.165, 1.54) is 0 Å². The second kappa shape index (κ2) is 10.7. The highest BCUT2D eigenvalue weighted by Gasteiger charge is 2.23. The first-order chi connectivity index (χ1) is 12.2.